The third-order valence-electron chi connectivity index (χ3n) is 6.33. The number of hydrogen-bond donors (Lipinski definition) is 0. The minimum absolute atomic E-state index is 0.248. The molecular weight excluding hydrogens is 402 g/mol. The van der Waals surface area contributed by atoms with Gasteiger partial charge >= 0.3 is 5.69 Å². The Labute approximate surface area is 186 Å². The lowest BCUT2D eigenvalue weighted by molar-refractivity contribution is 0.435. The first-order chi connectivity index (χ1) is 15.4. The van der Waals surface area contributed by atoms with Crippen LogP contribution in [0.25, 0.3) is 11.2 Å². The Morgan fingerprint density at radius 3 is 2.44 bits per heavy atom. The van der Waals surface area contributed by atoms with E-state index in [2.05, 4.69) is 24.0 Å². The van der Waals surface area contributed by atoms with Crippen molar-refractivity contribution in [3.05, 3.63) is 92.1 Å². The van der Waals surface area contributed by atoms with E-state index in [1.165, 1.54) is 14.7 Å². The van der Waals surface area contributed by atoms with E-state index in [9.17, 15) is 9.59 Å². The number of anilines is 1. The van der Waals surface area contributed by atoms with Crippen LogP contribution in [0.4, 0.5) is 5.95 Å². The van der Waals surface area contributed by atoms with Crippen LogP contribution in [0.5, 0.6) is 0 Å². The zero-order chi connectivity index (χ0) is 22.4. The molecule has 0 bridgehead atoms. The summed E-state index contributed by atoms with van der Waals surface area (Å²) in [7, 11) is 1.70. The van der Waals surface area contributed by atoms with Crippen molar-refractivity contribution in [2.75, 3.05) is 11.4 Å². The molecule has 0 spiro atoms. The fourth-order valence-electron chi connectivity index (χ4n) is 4.64. The monoisotopic (exact) mass is 429 g/mol. The number of fused-ring (bicyclic) bond motifs is 3. The van der Waals surface area contributed by atoms with Crippen LogP contribution >= 0.6 is 0 Å². The molecule has 0 saturated heterocycles. The van der Waals surface area contributed by atoms with E-state index in [-0.39, 0.29) is 17.8 Å². The van der Waals surface area contributed by atoms with Crippen LogP contribution < -0.4 is 16.1 Å². The van der Waals surface area contributed by atoms with Crippen LogP contribution in [-0.2, 0) is 26.7 Å². The quantitative estimate of drug-likeness (QED) is 0.500. The highest BCUT2D eigenvalue weighted by Crippen LogP contribution is 2.28. The molecule has 0 N–H and O–H groups in total. The molecule has 2 aromatic carbocycles. The summed E-state index contributed by atoms with van der Waals surface area (Å²) in [5.74, 6) is 1.10. The summed E-state index contributed by atoms with van der Waals surface area (Å²) < 4.78 is 4.84. The van der Waals surface area contributed by atoms with Gasteiger partial charge in [0.15, 0.2) is 11.2 Å². The highest BCUT2D eigenvalue weighted by atomic mass is 16.2. The molecule has 1 atom stereocenters. The Balaban J connectivity index is 1.67. The number of aromatic nitrogens is 4. The average molecular weight is 430 g/mol. The van der Waals surface area contributed by atoms with Crippen molar-refractivity contribution in [3.63, 3.8) is 0 Å². The Kier molecular flexibility index (Phi) is 4.96. The molecule has 7 heteroatoms. The smallest absolute Gasteiger partial charge is 0.332 e. The summed E-state index contributed by atoms with van der Waals surface area (Å²) in [6.45, 7) is 6.68. The molecule has 0 saturated carbocycles. The fraction of sp³-hybridized carbons (Fsp3) is 0.320. The van der Waals surface area contributed by atoms with Gasteiger partial charge in [0.05, 0.1) is 6.54 Å². The second kappa shape index (κ2) is 7.82. The van der Waals surface area contributed by atoms with E-state index >= 15 is 0 Å². The van der Waals surface area contributed by atoms with E-state index in [0.717, 1.165) is 23.6 Å². The Hall–Kier alpha value is -3.61. The number of imidazole rings is 1. The fourth-order valence-corrected chi connectivity index (χ4v) is 4.64. The molecule has 0 radical (unpaired) electrons. The minimum Gasteiger partial charge on any atom is -0.338 e. The first-order valence-corrected chi connectivity index (χ1v) is 11.0. The van der Waals surface area contributed by atoms with E-state index in [1.807, 2.05) is 54.0 Å². The van der Waals surface area contributed by atoms with Gasteiger partial charge in [0.2, 0.25) is 5.95 Å². The first-order valence-electron chi connectivity index (χ1n) is 11.0. The van der Waals surface area contributed by atoms with Crippen LogP contribution in [0.1, 0.15) is 23.6 Å². The summed E-state index contributed by atoms with van der Waals surface area (Å²) in [5.41, 5.74) is 3.53. The lowest BCUT2D eigenvalue weighted by Gasteiger charge is -2.33. The second-order valence-corrected chi connectivity index (χ2v) is 8.83. The standard InChI is InChI=1S/C25H27N5O2/c1-17-13-28(15-19-10-5-4-6-11-19)24-26-22-21(29(24)14-17)23(31)30(25(32)27(22)3)16-20-12-8-7-9-18(20)2/h4-12,17H,13-16H2,1-3H3/t17-/m0/s1. The maximum Gasteiger partial charge on any atom is 0.332 e. The summed E-state index contributed by atoms with van der Waals surface area (Å²) in [5, 5.41) is 0. The number of nitrogens with zero attached hydrogens (tertiary/aromatic N) is 5. The average Bonchev–Trinajstić information content (AvgIpc) is 3.17. The topological polar surface area (TPSA) is 65.1 Å². The highest BCUT2D eigenvalue weighted by molar-refractivity contribution is 5.75. The molecule has 3 heterocycles. The van der Waals surface area contributed by atoms with Crippen LogP contribution in [0.2, 0.25) is 0 Å². The number of benzene rings is 2. The zero-order valence-corrected chi connectivity index (χ0v) is 18.7. The maximum absolute atomic E-state index is 13.6. The normalized spacial score (nSPS) is 15.8. The first kappa shape index (κ1) is 20.3. The molecule has 0 unspecified atom stereocenters. The van der Waals surface area contributed by atoms with Crippen LogP contribution in [-0.4, -0.2) is 25.2 Å². The van der Waals surface area contributed by atoms with E-state index in [4.69, 9.17) is 4.98 Å². The van der Waals surface area contributed by atoms with Gasteiger partial charge in [-0.2, -0.15) is 4.98 Å². The van der Waals surface area contributed by atoms with Gasteiger partial charge in [0.25, 0.3) is 5.56 Å². The lowest BCUT2D eigenvalue weighted by Crippen LogP contribution is -2.41. The molecule has 0 fully saturated rings. The van der Waals surface area contributed by atoms with Gasteiger partial charge in [-0.15, -0.1) is 0 Å². The molecular formula is C25H27N5O2. The third kappa shape index (κ3) is 3.34. The van der Waals surface area contributed by atoms with E-state index in [0.29, 0.717) is 30.2 Å². The van der Waals surface area contributed by atoms with Crippen molar-refractivity contribution in [1.82, 2.24) is 18.7 Å². The molecule has 1 aliphatic rings. The molecule has 7 nitrogen and oxygen atoms in total. The third-order valence-corrected chi connectivity index (χ3v) is 6.33. The van der Waals surface area contributed by atoms with Crippen molar-refractivity contribution in [2.24, 2.45) is 13.0 Å². The van der Waals surface area contributed by atoms with Crippen molar-refractivity contribution in [2.45, 2.75) is 33.5 Å². The van der Waals surface area contributed by atoms with Crippen molar-refractivity contribution >= 4 is 17.1 Å². The summed E-state index contributed by atoms with van der Waals surface area (Å²) in [6, 6.07) is 18.1. The zero-order valence-electron chi connectivity index (χ0n) is 18.7. The lowest BCUT2D eigenvalue weighted by atomic mass is 10.1. The van der Waals surface area contributed by atoms with Crippen LogP contribution in [0.15, 0.2) is 64.2 Å². The van der Waals surface area contributed by atoms with E-state index in [1.54, 1.807) is 7.05 Å². The molecule has 0 aliphatic carbocycles. The van der Waals surface area contributed by atoms with Gasteiger partial charge in [0, 0.05) is 26.7 Å². The van der Waals surface area contributed by atoms with Crippen molar-refractivity contribution < 1.29 is 0 Å². The molecule has 1 aliphatic heterocycles. The van der Waals surface area contributed by atoms with Crippen molar-refractivity contribution in [3.8, 4) is 0 Å². The summed E-state index contributed by atoms with van der Waals surface area (Å²) >= 11 is 0. The molecule has 5 rings (SSSR count). The van der Waals surface area contributed by atoms with Crippen LogP contribution in [0, 0.1) is 12.8 Å². The van der Waals surface area contributed by atoms with Gasteiger partial charge < -0.3 is 9.47 Å². The van der Waals surface area contributed by atoms with Gasteiger partial charge in [-0.1, -0.05) is 61.5 Å². The van der Waals surface area contributed by atoms with Gasteiger partial charge in [-0.25, -0.2) is 4.79 Å². The van der Waals surface area contributed by atoms with Gasteiger partial charge in [-0.05, 0) is 29.5 Å². The molecule has 32 heavy (non-hydrogen) atoms. The predicted octanol–water partition coefficient (Wildman–Crippen LogP) is 2.91. The molecule has 4 aromatic rings. The Morgan fingerprint density at radius 1 is 0.969 bits per heavy atom. The molecule has 0 amide bonds. The minimum atomic E-state index is -0.344. The summed E-state index contributed by atoms with van der Waals surface area (Å²) in [6.07, 6.45) is 0. The summed E-state index contributed by atoms with van der Waals surface area (Å²) in [4.78, 5) is 33.7. The molecule has 2 aromatic heterocycles. The SMILES string of the molecule is Cc1ccccc1Cn1c(=O)c2c(nc3n2C[C@@H](C)CN3Cc2ccccc2)n(C)c1=O. The van der Waals surface area contributed by atoms with Gasteiger partial charge in [-0.3, -0.25) is 13.9 Å². The largest absolute Gasteiger partial charge is 0.338 e. The number of hydrogen-bond acceptors (Lipinski definition) is 4. The number of aryl methyl sites for hydroxylation is 2. The van der Waals surface area contributed by atoms with Crippen molar-refractivity contribution in [1.29, 1.82) is 0 Å². The van der Waals surface area contributed by atoms with Crippen LogP contribution in [0.3, 0.4) is 0 Å². The van der Waals surface area contributed by atoms with Gasteiger partial charge in [0.1, 0.15) is 0 Å². The Morgan fingerprint density at radius 2 is 1.69 bits per heavy atom. The Bertz CT molecular complexity index is 1410. The number of rotatable bonds is 4. The molecule has 164 valence electrons. The highest BCUT2D eigenvalue weighted by Gasteiger charge is 2.29. The maximum atomic E-state index is 13.6. The second-order valence-electron chi connectivity index (χ2n) is 8.83. The van der Waals surface area contributed by atoms with E-state index < -0.39 is 0 Å². The predicted molar refractivity (Wildman–Crippen MR) is 126 cm³/mol.